The minimum Gasteiger partial charge on any atom is -0.494 e. The highest BCUT2D eigenvalue weighted by atomic mass is 79.9. The average molecular weight is 313 g/mol. The zero-order valence-corrected chi connectivity index (χ0v) is 11.9. The van der Waals surface area contributed by atoms with Crippen LogP contribution >= 0.6 is 27.3 Å². The van der Waals surface area contributed by atoms with Crippen molar-refractivity contribution in [1.82, 2.24) is 0 Å². The van der Waals surface area contributed by atoms with Crippen molar-refractivity contribution in [2.75, 3.05) is 6.61 Å². The molecule has 4 heteroatoms. The number of hydrogen-bond donors (Lipinski definition) is 0. The Bertz CT molecular complexity index is 465. The molecule has 0 amide bonds. The second kappa shape index (κ2) is 6.07. The Hall–Kier alpha value is -1.00. The van der Waals surface area contributed by atoms with Crippen LogP contribution in [0.3, 0.4) is 0 Å². The monoisotopic (exact) mass is 312 g/mol. The van der Waals surface area contributed by atoms with Gasteiger partial charge in [0.25, 0.3) is 0 Å². The largest absolute Gasteiger partial charge is 0.494 e. The van der Waals surface area contributed by atoms with Gasteiger partial charge < -0.3 is 9.47 Å². The zero-order chi connectivity index (χ0) is 12.1. The molecule has 0 spiro atoms. The normalized spacial score (nSPS) is 10.2. The topological polar surface area (TPSA) is 18.5 Å². The fourth-order valence-corrected chi connectivity index (χ4v) is 2.75. The first-order chi connectivity index (χ1) is 8.29. The van der Waals surface area contributed by atoms with Crippen LogP contribution in [0.4, 0.5) is 0 Å². The van der Waals surface area contributed by atoms with E-state index in [9.17, 15) is 0 Å². The van der Waals surface area contributed by atoms with Crippen LogP contribution in [0.15, 0.2) is 40.2 Å². The molecule has 0 N–H and O–H groups in total. The summed E-state index contributed by atoms with van der Waals surface area (Å²) in [6, 6.07) is 9.71. The molecule has 0 saturated carbocycles. The van der Waals surface area contributed by atoms with Gasteiger partial charge in [0.2, 0.25) is 0 Å². The van der Waals surface area contributed by atoms with Crippen LogP contribution in [0.1, 0.15) is 11.8 Å². The predicted molar refractivity (Wildman–Crippen MR) is 74.0 cm³/mol. The number of thiophene rings is 1. The molecule has 0 atom stereocenters. The van der Waals surface area contributed by atoms with Crippen LogP contribution in [0.25, 0.3) is 0 Å². The smallest absolute Gasteiger partial charge is 0.124 e. The van der Waals surface area contributed by atoms with Crippen molar-refractivity contribution in [2.45, 2.75) is 13.5 Å². The third kappa shape index (κ3) is 3.48. The molecule has 0 fully saturated rings. The molecule has 2 rings (SSSR count). The fourth-order valence-electron chi connectivity index (χ4n) is 1.38. The summed E-state index contributed by atoms with van der Waals surface area (Å²) in [5.41, 5.74) is 0. The van der Waals surface area contributed by atoms with Gasteiger partial charge in [0.15, 0.2) is 0 Å². The van der Waals surface area contributed by atoms with E-state index in [2.05, 4.69) is 15.9 Å². The van der Waals surface area contributed by atoms with Gasteiger partial charge in [0, 0.05) is 4.47 Å². The van der Waals surface area contributed by atoms with E-state index in [4.69, 9.17) is 9.47 Å². The van der Waals surface area contributed by atoms with E-state index in [-0.39, 0.29) is 0 Å². The van der Waals surface area contributed by atoms with Crippen molar-refractivity contribution in [2.24, 2.45) is 0 Å². The molecule has 90 valence electrons. The molecule has 1 aromatic carbocycles. The maximum Gasteiger partial charge on any atom is 0.124 e. The van der Waals surface area contributed by atoms with Gasteiger partial charge in [0.05, 0.1) is 11.5 Å². The summed E-state index contributed by atoms with van der Waals surface area (Å²) in [6.07, 6.45) is 0. The Balaban J connectivity index is 1.93. The Kier molecular flexibility index (Phi) is 4.45. The van der Waals surface area contributed by atoms with Crippen molar-refractivity contribution in [3.8, 4) is 11.5 Å². The van der Waals surface area contributed by atoms with E-state index in [1.807, 2.05) is 42.6 Å². The number of rotatable bonds is 5. The van der Waals surface area contributed by atoms with E-state index in [1.54, 1.807) is 11.3 Å². The molecule has 1 aromatic heterocycles. The van der Waals surface area contributed by atoms with E-state index < -0.39 is 0 Å². The molecule has 0 unspecified atom stereocenters. The molecule has 0 aliphatic carbocycles. The van der Waals surface area contributed by atoms with E-state index in [1.165, 1.54) is 4.88 Å². The second-order valence-corrected chi connectivity index (χ2v) is 5.24. The minimum absolute atomic E-state index is 0.590. The Morgan fingerprint density at radius 2 is 1.71 bits per heavy atom. The SMILES string of the molecule is CCOc1ccc(OCc2sccc2Br)cc1. The third-order valence-electron chi connectivity index (χ3n) is 2.20. The lowest BCUT2D eigenvalue weighted by Gasteiger charge is -2.07. The molecule has 2 nitrogen and oxygen atoms in total. The highest BCUT2D eigenvalue weighted by Crippen LogP contribution is 2.25. The van der Waals surface area contributed by atoms with Crippen LogP contribution in [0, 0.1) is 0 Å². The van der Waals surface area contributed by atoms with Gasteiger partial charge in [0.1, 0.15) is 18.1 Å². The molecule has 0 radical (unpaired) electrons. The molecular formula is C13H13BrO2S. The summed E-state index contributed by atoms with van der Waals surface area (Å²) in [4.78, 5) is 1.19. The Labute approximate surface area is 113 Å². The van der Waals surface area contributed by atoms with E-state index >= 15 is 0 Å². The van der Waals surface area contributed by atoms with Gasteiger partial charge in [-0.25, -0.2) is 0 Å². The van der Waals surface area contributed by atoms with Crippen LogP contribution < -0.4 is 9.47 Å². The summed E-state index contributed by atoms with van der Waals surface area (Å²) in [6.45, 7) is 3.24. The van der Waals surface area contributed by atoms with Crippen LogP contribution in [-0.2, 0) is 6.61 Å². The lowest BCUT2D eigenvalue weighted by atomic mass is 10.3. The van der Waals surface area contributed by atoms with Crippen molar-refractivity contribution in [3.05, 3.63) is 45.1 Å². The lowest BCUT2D eigenvalue weighted by molar-refractivity contribution is 0.306. The van der Waals surface area contributed by atoms with Crippen LogP contribution in [0.5, 0.6) is 11.5 Å². The molecule has 0 aliphatic heterocycles. The minimum atomic E-state index is 0.590. The lowest BCUT2D eigenvalue weighted by Crippen LogP contribution is -1.94. The third-order valence-corrected chi connectivity index (χ3v) is 4.10. The Morgan fingerprint density at radius 3 is 2.24 bits per heavy atom. The molecular weight excluding hydrogens is 300 g/mol. The van der Waals surface area contributed by atoms with Crippen LogP contribution in [0.2, 0.25) is 0 Å². The summed E-state index contributed by atoms with van der Waals surface area (Å²) in [7, 11) is 0. The average Bonchev–Trinajstić information content (AvgIpc) is 2.75. The first-order valence-electron chi connectivity index (χ1n) is 5.37. The number of hydrogen-bond acceptors (Lipinski definition) is 3. The molecule has 0 bridgehead atoms. The van der Waals surface area contributed by atoms with E-state index in [0.717, 1.165) is 16.0 Å². The van der Waals surface area contributed by atoms with Crippen molar-refractivity contribution < 1.29 is 9.47 Å². The number of benzene rings is 1. The van der Waals surface area contributed by atoms with Gasteiger partial charge in [-0.2, -0.15) is 0 Å². The quantitative estimate of drug-likeness (QED) is 0.810. The highest BCUT2D eigenvalue weighted by Gasteiger charge is 2.02. The summed E-state index contributed by atoms with van der Waals surface area (Å²) in [5.74, 6) is 1.73. The van der Waals surface area contributed by atoms with Gasteiger partial charge in [-0.3, -0.25) is 0 Å². The highest BCUT2D eigenvalue weighted by molar-refractivity contribution is 9.10. The number of ether oxygens (including phenoxy) is 2. The van der Waals surface area contributed by atoms with Crippen LogP contribution in [-0.4, -0.2) is 6.61 Å². The molecule has 0 aliphatic rings. The van der Waals surface area contributed by atoms with Gasteiger partial charge in [-0.05, 0) is 58.6 Å². The van der Waals surface area contributed by atoms with Crippen molar-refractivity contribution >= 4 is 27.3 Å². The molecule has 2 aromatic rings. The maximum absolute atomic E-state index is 5.69. The second-order valence-electron chi connectivity index (χ2n) is 3.38. The van der Waals surface area contributed by atoms with Gasteiger partial charge in [-0.1, -0.05) is 0 Å². The summed E-state index contributed by atoms with van der Waals surface area (Å²) in [5, 5.41) is 2.04. The first-order valence-corrected chi connectivity index (χ1v) is 7.04. The van der Waals surface area contributed by atoms with Gasteiger partial charge in [-0.15, -0.1) is 11.3 Å². The summed E-state index contributed by atoms with van der Waals surface area (Å²) < 4.78 is 12.2. The molecule has 1 heterocycles. The zero-order valence-electron chi connectivity index (χ0n) is 9.48. The first kappa shape index (κ1) is 12.5. The maximum atomic E-state index is 5.69. The van der Waals surface area contributed by atoms with E-state index in [0.29, 0.717) is 13.2 Å². The molecule has 17 heavy (non-hydrogen) atoms. The van der Waals surface area contributed by atoms with Gasteiger partial charge >= 0.3 is 0 Å². The molecule has 0 saturated heterocycles. The van der Waals surface area contributed by atoms with Crippen molar-refractivity contribution in [3.63, 3.8) is 0 Å². The van der Waals surface area contributed by atoms with Crippen molar-refractivity contribution in [1.29, 1.82) is 0 Å². The Morgan fingerprint density at radius 1 is 1.06 bits per heavy atom. The predicted octanol–water partition coefficient (Wildman–Crippen LogP) is 4.49. The summed E-state index contributed by atoms with van der Waals surface area (Å²) >= 11 is 5.17. The fraction of sp³-hybridized carbons (Fsp3) is 0.231. The number of halogens is 1. The standard InChI is InChI=1S/C13H13BrO2S/c1-2-15-10-3-5-11(6-4-10)16-9-13-12(14)7-8-17-13/h3-8H,2,9H2,1H3.